The molecular formula is C17H23N3O3. The van der Waals surface area contributed by atoms with E-state index in [1.165, 1.54) is 11.8 Å². The Morgan fingerprint density at radius 3 is 2.13 bits per heavy atom. The van der Waals surface area contributed by atoms with Gasteiger partial charge in [0.2, 0.25) is 5.91 Å². The summed E-state index contributed by atoms with van der Waals surface area (Å²) in [6.07, 6.45) is 0. The lowest BCUT2D eigenvalue weighted by Crippen LogP contribution is -2.52. The number of carbonyl (C=O) groups is 3. The summed E-state index contributed by atoms with van der Waals surface area (Å²) >= 11 is 0. The summed E-state index contributed by atoms with van der Waals surface area (Å²) in [5, 5.41) is 2.71. The van der Waals surface area contributed by atoms with E-state index >= 15 is 0 Å². The van der Waals surface area contributed by atoms with Crippen LogP contribution in [0.4, 0.5) is 5.69 Å². The van der Waals surface area contributed by atoms with Gasteiger partial charge in [-0.05, 0) is 17.5 Å². The van der Waals surface area contributed by atoms with E-state index in [1.807, 2.05) is 32.0 Å². The van der Waals surface area contributed by atoms with Gasteiger partial charge in [0, 0.05) is 38.8 Å². The van der Waals surface area contributed by atoms with Crippen molar-refractivity contribution in [2.24, 2.45) is 0 Å². The van der Waals surface area contributed by atoms with Crippen LogP contribution in [0.15, 0.2) is 24.3 Å². The van der Waals surface area contributed by atoms with Crippen LogP contribution in [-0.4, -0.2) is 53.7 Å². The molecule has 0 radical (unpaired) electrons. The number of hydrogen-bond donors (Lipinski definition) is 1. The highest BCUT2D eigenvalue weighted by atomic mass is 16.2. The Morgan fingerprint density at radius 1 is 1.00 bits per heavy atom. The van der Waals surface area contributed by atoms with Gasteiger partial charge in [-0.3, -0.25) is 14.4 Å². The minimum atomic E-state index is -0.630. The number of amides is 3. The molecule has 1 aliphatic rings. The first-order valence-corrected chi connectivity index (χ1v) is 7.85. The van der Waals surface area contributed by atoms with Crippen molar-refractivity contribution in [3.8, 4) is 0 Å². The second-order valence-corrected chi connectivity index (χ2v) is 5.99. The molecule has 0 aromatic heterocycles. The van der Waals surface area contributed by atoms with Crippen LogP contribution in [0.1, 0.15) is 32.3 Å². The van der Waals surface area contributed by atoms with Gasteiger partial charge in [-0.1, -0.05) is 32.0 Å². The van der Waals surface area contributed by atoms with E-state index in [0.717, 1.165) is 5.56 Å². The van der Waals surface area contributed by atoms with Gasteiger partial charge in [-0.15, -0.1) is 0 Å². The highest BCUT2D eigenvalue weighted by Gasteiger charge is 2.27. The van der Waals surface area contributed by atoms with E-state index in [4.69, 9.17) is 0 Å². The van der Waals surface area contributed by atoms with Crippen LogP contribution in [0.25, 0.3) is 0 Å². The zero-order valence-corrected chi connectivity index (χ0v) is 13.8. The molecule has 1 aromatic carbocycles. The fraction of sp³-hybridized carbons (Fsp3) is 0.471. The number of nitrogens with one attached hydrogen (secondary N) is 1. The zero-order valence-electron chi connectivity index (χ0n) is 13.8. The number of anilines is 1. The second kappa shape index (κ2) is 7.26. The van der Waals surface area contributed by atoms with E-state index in [2.05, 4.69) is 5.32 Å². The summed E-state index contributed by atoms with van der Waals surface area (Å²) in [7, 11) is 0. The molecule has 6 nitrogen and oxygen atoms in total. The number of nitrogens with zero attached hydrogens (tertiary/aromatic N) is 2. The van der Waals surface area contributed by atoms with Gasteiger partial charge < -0.3 is 15.1 Å². The van der Waals surface area contributed by atoms with Crippen LogP contribution in [0, 0.1) is 0 Å². The molecule has 0 unspecified atom stereocenters. The maximum Gasteiger partial charge on any atom is 0.313 e. The summed E-state index contributed by atoms with van der Waals surface area (Å²) < 4.78 is 0. The lowest BCUT2D eigenvalue weighted by atomic mass is 10.0. The third-order valence-corrected chi connectivity index (χ3v) is 4.04. The summed E-state index contributed by atoms with van der Waals surface area (Å²) in [6.45, 7) is 7.29. The van der Waals surface area contributed by atoms with Gasteiger partial charge in [-0.2, -0.15) is 0 Å². The molecule has 0 atom stereocenters. The third kappa shape index (κ3) is 4.09. The van der Waals surface area contributed by atoms with Gasteiger partial charge >= 0.3 is 11.8 Å². The molecule has 1 aromatic rings. The summed E-state index contributed by atoms with van der Waals surface area (Å²) in [4.78, 5) is 39.0. The maximum atomic E-state index is 12.3. The zero-order chi connectivity index (χ0) is 17.0. The molecule has 0 saturated carbocycles. The Labute approximate surface area is 136 Å². The van der Waals surface area contributed by atoms with Crippen molar-refractivity contribution in [1.29, 1.82) is 0 Å². The average molecular weight is 317 g/mol. The van der Waals surface area contributed by atoms with Gasteiger partial charge in [0.05, 0.1) is 0 Å². The molecule has 1 N–H and O–H groups in total. The van der Waals surface area contributed by atoms with Gasteiger partial charge in [0.15, 0.2) is 0 Å². The van der Waals surface area contributed by atoms with E-state index in [1.54, 1.807) is 11.0 Å². The fourth-order valence-electron chi connectivity index (χ4n) is 2.66. The Kier molecular flexibility index (Phi) is 5.36. The van der Waals surface area contributed by atoms with Crippen molar-refractivity contribution in [1.82, 2.24) is 9.80 Å². The van der Waals surface area contributed by atoms with E-state index in [-0.39, 0.29) is 11.8 Å². The molecule has 1 saturated heterocycles. The van der Waals surface area contributed by atoms with Crippen LogP contribution in [0.2, 0.25) is 0 Å². The minimum Gasteiger partial charge on any atom is -0.339 e. The van der Waals surface area contributed by atoms with Crippen LogP contribution < -0.4 is 5.32 Å². The van der Waals surface area contributed by atoms with Crippen LogP contribution in [0.5, 0.6) is 0 Å². The molecule has 6 heteroatoms. The minimum absolute atomic E-state index is 0.00703. The summed E-state index contributed by atoms with van der Waals surface area (Å²) in [5.41, 5.74) is 1.67. The second-order valence-electron chi connectivity index (χ2n) is 5.99. The molecule has 0 bridgehead atoms. The molecule has 2 rings (SSSR count). The third-order valence-electron chi connectivity index (χ3n) is 4.04. The molecule has 1 fully saturated rings. The molecule has 124 valence electrons. The Balaban J connectivity index is 1.99. The van der Waals surface area contributed by atoms with Crippen molar-refractivity contribution >= 4 is 23.4 Å². The first kappa shape index (κ1) is 17.0. The maximum absolute atomic E-state index is 12.3. The molecule has 3 amide bonds. The molecule has 1 heterocycles. The lowest BCUT2D eigenvalue weighted by Gasteiger charge is -2.33. The van der Waals surface area contributed by atoms with Crippen molar-refractivity contribution in [2.75, 3.05) is 31.5 Å². The molecule has 0 spiro atoms. The number of rotatable bonds is 2. The van der Waals surface area contributed by atoms with E-state index in [0.29, 0.717) is 31.9 Å². The van der Waals surface area contributed by atoms with Gasteiger partial charge in [0.25, 0.3) is 0 Å². The first-order valence-electron chi connectivity index (χ1n) is 7.85. The molecule has 0 aliphatic carbocycles. The monoisotopic (exact) mass is 317 g/mol. The Bertz CT molecular complexity index is 605. The molecular weight excluding hydrogens is 294 g/mol. The van der Waals surface area contributed by atoms with Crippen molar-refractivity contribution in [3.63, 3.8) is 0 Å². The predicted molar refractivity (Wildman–Crippen MR) is 88.0 cm³/mol. The number of carbonyl (C=O) groups excluding carboxylic acids is 3. The highest BCUT2D eigenvalue weighted by Crippen LogP contribution is 2.23. The van der Waals surface area contributed by atoms with Crippen molar-refractivity contribution < 1.29 is 14.4 Å². The highest BCUT2D eigenvalue weighted by molar-refractivity contribution is 6.39. The molecule has 1 aliphatic heterocycles. The number of benzene rings is 1. The van der Waals surface area contributed by atoms with E-state index in [9.17, 15) is 14.4 Å². The Morgan fingerprint density at radius 2 is 1.57 bits per heavy atom. The van der Waals surface area contributed by atoms with Crippen LogP contribution in [0.3, 0.4) is 0 Å². The topological polar surface area (TPSA) is 69.7 Å². The predicted octanol–water partition coefficient (Wildman–Crippen LogP) is 1.44. The number of piperazine rings is 1. The van der Waals surface area contributed by atoms with E-state index < -0.39 is 11.8 Å². The Hall–Kier alpha value is -2.37. The van der Waals surface area contributed by atoms with Crippen LogP contribution >= 0.6 is 0 Å². The quantitative estimate of drug-likeness (QED) is 0.839. The largest absolute Gasteiger partial charge is 0.339 e. The number of para-hydroxylation sites is 1. The summed E-state index contributed by atoms with van der Waals surface area (Å²) in [5.74, 6) is -0.936. The lowest BCUT2D eigenvalue weighted by molar-refractivity contribution is -0.145. The standard InChI is InChI=1S/C17H23N3O3/c1-12(2)14-6-4-5-7-15(14)18-16(22)17(23)20-10-8-19(9-11-20)13(3)21/h4-7,12H,8-11H2,1-3H3,(H,18,22). The smallest absolute Gasteiger partial charge is 0.313 e. The van der Waals surface area contributed by atoms with Gasteiger partial charge in [-0.25, -0.2) is 0 Å². The molecule has 23 heavy (non-hydrogen) atoms. The normalized spacial score (nSPS) is 14.8. The first-order chi connectivity index (χ1) is 10.9. The summed E-state index contributed by atoms with van der Waals surface area (Å²) in [6, 6.07) is 7.48. The average Bonchev–Trinajstić information content (AvgIpc) is 2.54. The fourth-order valence-corrected chi connectivity index (χ4v) is 2.66. The van der Waals surface area contributed by atoms with Crippen molar-refractivity contribution in [3.05, 3.63) is 29.8 Å². The number of hydrogen-bond acceptors (Lipinski definition) is 3. The van der Waals surface area contributed by atoms with Gasteiger partial charge in [0.1, 0.15) is 0 Å². The van der Waals surface area contributed by atoms with Crippen molar-refractivity contribution in [2.45, 2.75) is 26.7 Å². The SMILES string of the molecule is CC(=O)N1CCN(C(=O)C(=O)Nc2ccccc2C(C)C)CC1. The van der Waals surface area contributed by atoms with Crippen LogP contribution in [-0.2, 0) is 14.4 Å².